The molecule has 0 saturated heterocycles. The van der Waals surface area contributed by atoms with Gasteiger partial charge in [-0.1, -0.05) is 35.3 Å². The van der Waals surface area contributed by atoms with Crippen molar-refractivity contribution in [2.45, 2.75) is 6.18 Å². The van der Waals surface area contributed by atoms with Gasteiger partial charge in [0.15, 0.2) is 5.76 Å². The Labute approximate surface area is 190 Å². The van der Waals surface area contributed by atoms with Crippen molar-refractivity contribution < 1.29 is 26.8 Å². The third-order valence-corrected chi connectivity index (χ3v) is 5.09. The van der Waals surface area contributed by atoms with Gasteiger partial charge in [0, 0.05) is 16.1 Å². The molecule has 2 aromatic carbocycles. The number of hydrogen-bond donors (Lipinski definition) is 0. The Hall–Kier alpha value is -3.22. The highest BCUT2D eigenvalue weighted by Crippen LogP contribution is 2.33. The molecule has 0 N–H and O–H groups in total. The zero-order chi connectivity index (χ0) is 22.9. The van der Waals surface area contributed by atoms with Gasteiger partial charge in [-0.05, 0) is 66.7 Å². The average Bonchev–Trinajstić information content (AvgIpc) is 3.42. The Morgan fingerprint density at radius 2 is 1.66 bits per heavy atom. The van der Waals surface area contributed by atoms with Gasteiger partial charge in [0.05, 0.1) is 10.6 Å². The van der Waals surface area contributed by atoms with E-state index in [0.29, 0.717) is 27.1 Å². The van der Waals surface area contributed by atoms with E-state index in [1.165, 1.54) is 36.4 Å². The second kappa shape index (κ2) is 8.73. The summed E-state index contributed by atoms with van der Waals surface area (Å²) in [5.74, 6) is 0.637. The van der Waals surface area contributed by atoms with Crippen molar-refractivity contribution in [3.8, 4) is 22.6 Å². The van der Waals surface area contributed by atoms with Crippen LogP contribution >= 0.6 is 23.2 Å². The van der Waals surface area contributed by atoms with Crippen LogP contribution in [-0.4, -0.2) is 5.78 Å². The lowest BCUT2D eigenvalue weighted by molar-refractivity contribution is -0.137. The third-order valence-electron chi connectivity index (χ3n) is 4.55. The molecule has 0 spiro atoms. The lowest BCUT2D eigenvalue weighted by Gasteiger charge is -2.07. The van der Waals surface area contributed by atoms with Gasteiger partial charge < -0.3 is 8.83 Å². The quantitative estimate of drug-likeness (QED) is 0.214. The van der Waals surface area contributed by atoms with Crippen molar-refractivity contribution in [3.63, 3.8) is 0 Å². The highest BCUT2D eigenvalue weighted by atomic mass is 35.5. The van der Waals surface area contributed by atoms with E-state index >= 15 is 0 Å². The van der Waals surface area contributed by atoms with Crippen LogP contribution in [0.2, 0.25) is 10.0 Å². The molecule has 32 heavy (non-hydrogen) atoms. The lowest BCUT2D eigenvalue weighted by atomic mass is 10.1. The van der Waals surface area contributed by atoms with Gasteiger partial charge in [0.1, 0.15) is 17.3 Å². The smallest absolute Gasteiger partial charge is 0.416 e. The maximum absolute atomic E-state index is 12.9. The van der Waals surface area contributed by atoms with Crippen LogP contribution in [-0.2, 0) is 6.18 Å². The minimum Gasteiger partial charge on any atom is -0.457 e. The molecule has 3 nitrogen and oxygen atoms in total. The highest BCUT2D eigenvalue weighted by molar-refractivity contribution is 6.36. The fourth-order valence-electron chi connectivity index (χ4n) is 2.99. The molecule has 2 heterocycles. The van der Waals surface area contributed by atoms with Crippen LogP contribution in [0.15, 0.2) is 81.6 Å². The van der Waals surface area contributed by atoms with Gasteiger partial charge >= 0.3 is 6.18 Å². The third kappa shape index (κ3) is 4.82. The van der Waals surface area contributed by atoms with Crippen molar-refractivity contribution in [2.24, 2.45) is 0 Å². The van der Waals surface area contributed by atoms with E-state index < -0.39 is 17.5 Å². The fourth-order valence-corrected chi connectivity index (χ4v) is 3.49. The zero-order valence-electron chi connectivity index (χ0n) is 16.1. The van der Waals surface area contributed by atoms with E-state index in [1.807, 2.05) is 0 Å². The summed E-state index contributed by atoms with van der Waals surface area (Å²) in [6.45, 7) is 0. The molecule has 0 aliphatic heterocycles. The first-order chi connectivity index (χ1) is 15.2. The van der Waals surface area contributed by atoms with Crippen LogP contribution in [0, 0.1) is 0 Å². The second-order valence-electron chi connectivity index (χ2n) is 6.77. The van der Waals surface area contributed by atoms with E-state index in [-0.39, 0.29) is 17.1 Å². The van der Waals surface area contributed by atoms with Gasteiger partial charge in [0.2, 0.25) is 5.78 Å². The summed E-state index contributed by atoms with van der Waals surface area (Å²) in [4.78, 5) is 12.4. The normalized spacial score (nSPS) is 11.9. The molecule has 4 aromatic rings. The first-order valence-electron chi connectivity index (χ1n) is 9.26. The van der Waals surface area contributed by atoms with Crippen LogP contribution in [0.1, 0.15) is 21.9 Å². The summed E-state index contributed by atoms with van der Waals surface area (Å²) in [5.41, 5.74) is 0.102. The molecule has 0 bridgehead atoms. The molecular weight excluding hydrogens is 464 g/mol. The Morgan fingerprint density at radius 1 is 0.875 bits per heavy atom. The largest absolute Gasteiger partial charge is 0.457 e. The number of hydrogen-bond acceptors (Lipinski definition) is 3. The molecule has 0 amide bonds. The Morgan fingerprint density at radius 3 is 2.41 bits per heavy atom. The van der Waals surface area contributed by atoms with E-state index in [4.69, 9.17) is 32.0 Å². The topological polar surface area (TPSA) is 43.4 Å². The van der Waals surface area contributed by atoms with E-state index in [2.05, 4.69) is 0 Å². The lowest BCUT2D eigenvalue weighted by Crippen LogP contribution is -2.04. The predicted octanol–water partition coefficient (Wildman–Crippen LogP) is 8.43. The van der Waals surface area contributed by atoms with Gasteiger partial charge in [0.25, 0.3) is 0 Å². The van der Waals surface area contributed by atoms with Crippen LogP contribution in [0.4, 0.5) is 13.2 Å². The summed E-state index contributed by atoms with van der Waals surface area (Å²) in [7, 11) is 0. The zero-order valence-corrected chi connectivity index (χ0v) is 17.6. The van der Waals surface area contributed by atoms with Crippen molar-refractivity contribution in [1.82, 2.24) is 0 Å². The van der Waals surface area contributed by atoms with Crippen LogP contribution in [0.3, 0.4) is 0 Å². The summed E-state index contributed by atoms with van der Waals surface area (Å²) in [5, 5.41) is 0.867. The number of rotatable bonds is 5. The maximum atomic E-state index is 12.9. The SMILES string of the molecule is O=C(C=Cc1ccc(-c2cccc(C(F)(F)F)c2)o1)c1ccc(-c2ccc(Cl)cc2Cl)o1. The summed E-state index contributed by atoms with van der Waals surface area (Å²) < 4.78 is 49.9. The Balaban J connectivity index is 1.50. The number of carbonyl (C=O) groups excluding carboxylic acids is 1. The van der Waals surface area contributed by atoms with Crippen LogP contribution in [0.25, 0.3) is 28.7 Å². The molecular formula is C24H13Cl2F3O3. The highest BCUT2D eigenvalue weighted by Gasteiger charge is 2.30. The van der Waals surface area contributed by atoms with Crippen LogP contribution in [0.5, 0.6) is 0 Å². The number of alkyl halides is 3. The summed E-state index contributed by atoms with van der Waals surface area (Å²) in [6, 6.07) is 16.0. The minimum atomic E-state index is -4.45. The molecule has 4 rings (SSSR count). The molecule has 0 fully saturated rings. The molecule has 0 aliphatic rings. The van der Waals surface area contributed by atoms with Crippen molar-refractivity contribution in [1.29, 1.82) is 0 Å². The summed E-state index contributed by atoms with van der Waals surface area (Å²) in [6.07, 6.45) is -1.78. The van der Waals surface area contributed by atoms with E-state index in [0.717, 1.165) is 12.1 Å². The fraction of sp³-hybridized carbons (Fsp3) is 0.0417. The molecule has 8 heteroatoms. The number of furan rings is 2. The first-order valence-corrected chi connectivity index (χ1v) is 10.0. The van der Waals surface area contributed by atoms with Crippen molar-refractivity contribution >= 4 is 35.1 Å². The van der Waals surface area contributed by atoms with E-state index in [1.54, 1.807) is 30.3 Å². The standard InChI is InChI=1S/C24H13Cl2F3O3/c25-16-4-7-18(19(26)13-16)22-10-11-23(32-22)20(30)8-5-17-6-9-21(31-17)14-2-1-3-15(12-14)24(27,28)29/h1-13H. The van der Waals surface area contributed by atoms with Crippen molar-refractivity contribution in [2.75, 3.05) is 0 Å². The van der Waals surface area contributed by atoms with E-state index in [9.17, 15) is 18.0 Å². The number of allylic oxidation sites excluding steroid dienone is 1. The second-order valence-corrected chi connectivity index (χ2v) is 7.61. The molecule has 0 aliphatic carbocycles. The number of ketones is 1. The maximum Gasteiger partial charge on any atom is 0.416 e. The molecule has 162 valence electrons. The average molecular weight is 477 g/mol. The number of benzene rings is 2. The predicted molar refractivity (Wildman–Crippen MR) is 117 cm³/mol. The molecule has 0 radical (unpaired) electrons. The molecule has 2 aromatic heterocycles. The van der Waals surface area contributed by atoms with Gasteiger partial charge in [-0.25, -0.2) is 0 Å². The van der Waals surface area contributed by atoms with Crippen molar-refractivity contribution in [3.05, 3.63) is 99.9 Å². The summed E-state index contributed by atoms with van der Waals surface area (Å²) >= 11 is 12.1. The van der Waals surface area contributed by atoms with Gasteiger partial charge in [-0.3, -0.25) is 4.79 Å². The molecule has 0 unspecified atom stereocenters. The minimum absolute atomic E-state index is 0.0897. The molecule has 0 atom stereocenters. The Kier molecular flexibility index (Phi) is 6.00. The Bertz CT molecular complexity index is 1320. The first kappa shape index (κ1) is 22.0. The monoisotopic (exact) mass is 476 g/mol. The van der Waals surface area contributed by atoms with Gasteiger partial charge in [-0.15, -0.1) is 0 Å². The number of halogens is 5. The van der Waals surface area contributed by atoms with Gasteiger partial charge in [-0.2, -0.15) is 13.2 Å². The number of carbonyl (C=O) groups is 1. The molecule has 0 saturated carbocycles. The van der Waals surface area contributed by atoms with Crippen LogP contribution < -0.4 is 0 Å².